The molecule has 0 aliphatic carbocycles. The van der Waals surface area contributed by atoms with Gasteiger partial charge in [0.2, 0.25) is 0 Å². The SMILES string of the molecule is CSc1cccc(NC(=O)c2sc3nc(-c4ccccc4)cn3c2C)c1. The van der Waals surface area contributed by atoms with Gasteiger partial charge in [-0.15, -0.1) is 11.8 Å². The smallest absolute Gasteiger partial charge is 0.267 e. The molecule has 0 aliphatic heterocycles. The van der Waals surface area contributed by atoms with E-state index in [0.717, 1.165) is 32.5 Å². The van der Waals surface area contributed by atoms with Crippen LogP contribution in [0.3, 0.4) is 0 Å². The van der Waals surface area contributed by atoms with Crippen molar-refractivity contribution in [3.63, 3.8) is 0 Å². The Kier molecular flexibility index (Phi) is 4.53. The van der Waals surface area contributed by atoms with Gasteiger partial charge in [-0.25, -0.2) is 4.98 Å². The van der Waals surface area contributed by atoms with Crippen LogP contribution in [0.5, 0.6) is 0 Å². The van der Waals surface area contributed by atoms with Crippen molar-refractivity contribution in [1.82, 2.24) is 9.38 Å². The molecule has 0 spiro atoms. The van der Waals surface area contributed by atoms with Crippen LogP contribution in [0.2, 0.25) is 0 Å². The minimum Gasteiger partial charge on any atom is -0.321 e. The van der Waals surface area contributed by atoms with Crippen molar-refractivity contribution < 1.29 is 4.79 Å². The summed E-state index contributed by atoms with van der Waals surface area (Å²) in [4.78, 5) is 20.0. The van der Waals surface area contributed by atoms with Crippen LogP contribution in [0, 0.1) is 6.92 Å². The number of fused-ring (bicyclic) bond motifs is 1. The number of aryl methyl sites for hydroxylation is 1. The van der Waals surface area contributed by atoms with Gasteiger partial charge in [0.05, 0.1) is 5.69 Å². The number of anilines is 1. The summed E-state index contributed by atoms with van der Waals surface area (Å²) in [6.45, 7) is 1.95. The normalized spacial score (nSPS) is 11.0. The van der Waals surface area contributed by atoms with E-state index in [0.29, 0.717) is 4.88 Å². The van der Waals surface area contributed by atoms with E-state index in [1.807, 2.05) is 78.4 Å². The van der Waals surface area contributed by atoms with Crippen molar-refractivity contribution in [2.75, 3.05) is 11.6 Å². The van der Waals surface area contributed by atoms with Gasteiger partial charge < -0.3 is 5.32 Å². The molecule has 2 aromatic heterocycles. The third-order valence-electron chi connectivity index (χ3n) is 4.16. The summed E-state index contributed by atoms with van der Waals surface area (Å²) >= 11 is 3.06. The van der Waals surface area contributed by atoms with E-state index in [1.54, 1.807) is 11.8 Å². The van der Waals surface area contributed by atoms with E-state index in [1.165, 1.54) is 11.3 Å². The van der Waals surface area contributed by atoms with Crippen LogP contribution in [0.1, 0.15) is 15.4 Å². The van der Waals surface area contributed by atoms with Crippen molar-refractivity contribution in [2.45, 2.75) is 11.8 Å². The average molecular weight is 380 g/mol. The van der Waals surface area contributed by atoms with Gasteiger partial charge >= 0.3 is 0 Å². The third kappa shape index (κ3) is 3.13. The number of hydrogen-bond acceptors (Lipinski definition) is 4. The molecule has 2 heterocycles. The number of carbonyl (C=O) groups excluding carboxylic acids is 1. The van der Waals surface area contributed by atoms with Crippen molar-refractivity contribution in [3.05, 3.63) is 71.4 Å². The molecule has 0 saturated carbocycles. The largest absolute Gasteiger partial charge is 0.321 e. The predicted molar refractivity (Wildman–Crippen MR) is 109 cm³/mol. The van der Waals surface area contributed by atoms with Crippen molar-refractivity contribution in [2.24, 2.45) is 0 Å². The fourth-order valence-electron chi connectivity index (χ4n) is 2.80. The molecule has 0 fully saturated rings. The highest BCUT2D eigenvalue weighted by molar-refractivity contribution is 7.98. The Morgan fingerprint density at radius 2 is 1.96 bits per heavy atom. The number of amides is 1. The first-order chi connectivity index (χ1) is 12.7. The summed E-state index contributed by atoms with van der Waals surface area (Å²) in [7, 11) is 0. The van der Waals surface area contributed by atoms with Gasteiger partial charge in [0.25, 0.3) is 5.91 Å². The highest BCUT2D eigenvalue weighted by atomic mass is 32.2. The first kappa shape index (κ1) is 16.9. The van der Waals surface area contributed by atoms with E-state index in [9.17, 15) is 4.79 Å². The topological polar surface area (TPSA) is 46.4 Å². The molecular formula is C20H17N3OS2. The Bertz CT molecular complexity index is 1080. The second-order valence-corrected chi connectivity index (χ2v) is 7.70. The number of imidazole rings is 1. The first-order valence-electron chi connectivity index (χ1n) is 8.15. The van der Waals surface area contributed by atoms with Gasteiger partial charge in [0.15, 0.2) is 4.96 Å². The molecule has 4 aromatic rings. The molecular weight excluding hydrogens is 362 g/mol. The lowest BCUT2D eigenvalue weighted by Crippen LogP contribution is -2.11. The summed E-state index contributed by atoms with van der Waals surface area (Å²) in [6, 6.07) is 17.9. The number of hydrogen-bond donors (Lipinski definition) is 1. The highest BCUT2D eigenvalue weighted by Gasteiger charge is 2.18. The van der Waals surface area contributed by atoms with Gasteiger partial charge in [-0.05, 0) is 31.4 Å². The number of rotatable bonds is 4. The van der Waals surface area contributed by atoms with Crippen LogP contribution in [0.15, 0.2) is 65.7 Å². The number of nitrogens with one attached hydrogen (secondary N) is 1. The molecule has 0 aliphatic rings. The van der Waals surface area contributed by atoms with Crippen LogP contribution in [0.4, 0.5) is 5.69 Å². The lowest BCUT2D eigenvalue weighted by Gasteiger charge is -2.06. The van der Waals surface area contributed by atoms with Gasteiger partial charge in [-0.1, -0.05) is 47.7 Å². The standard InChI is InChI=1S/C20H17N3OS2/c1-13-18(19(24)21-15-9-6-10-16(11-15)25-2)26-20-22-17(12-23(13)20)14-7-4-3-5-8-14/h3-12H,1-2H3,(H,21,24). The Hall–Kier alpha value is -2.57. The van der Waals surface area contributed by atoms with Gasteiger partial charge in [0.1, 0.15) is 4.88 Å². The quantitative estimate of drug-likeness (QED) is 0.487. The molecule has 1 N–H and O–H groups in total. The molecule has 6 heteroatoms. The van der Waals surface area contributed by atoms with Gasteiger partial charge in [-0.2, -0.15) is 0 Å². The lowest BCUT2D eigenvalue weighted by molar-refractivity contribution is 0.102. The molecule has 4 nitrogen and oxygen atoms in total. The summed E-state index contributed by atoms with van der Waals surface area (Å²) in [5.74, 6) is -0.0995. The molecule has 0 bridgehead atoms. The predicted octanol–water partition coefficient (Wildman–Crippen LogP) is 5.35. The monoisotopic (exact) mass is 379 g/mol. The van der Waals surface area contributed by atoms with E-state index >= 15 is 0 Å². The zero-order chi connectivity index (χ0) is 18.1. The zero-order valence-corrected chi connectivity index (χ0v) is 16.0. The molecule has 26 heavy (non-hydrogen) atoms. The van der Waals surface area contributed by atoms with Crippen molar-refractivity contribution in [1.29, 1.82) is 0 Å². The number of nitrogens with zero attached hydrogens (tertiary/aromatic N) is 2. The van der Waals surface area contributed by atoms with E-state index in [4.69, 9.17) is 0 Å². The summed E-state index contributed by atoms with van der Waals surface area (Å²) in [5, 5.41) is 2.99. The number of thioether (sulfide) groups is 1. The molecule has 0 saturated heterocycles. The Morgan fingerprint density at radius 1 is 1.15 bits per heavy atom. The lowest BCUT2D eigenvalue weighted by atomic mass is 10.2. The van der Waals surface area contributed by atoms with E-state index in [2.05, 4.69) is 10.3 Å². The summed E-state index contributed by atoms with van der Waals surface area (Å²) in [6.07, 6.45) is 4.01. The molecule has 4 rings (SSSR count). The number of benzene rings is 2. The Morgan fingerprint density at radius 3 is 2.69 bits per heavy atom. The number of thiazole rings is 1. The maximum Gasteiger partial charge on any atom is 0.267 e. The molecule has 0 radical (unpaired) electrons. The van der Waals surface area contributed by atoms with Crippen LogP contribution in [0.25, 0.3) is 16.2 Å². The van der Waals surface area contributed by atoms with Crippen LogP contribution in [-0.4, -0.2) is 21.5 Å². The number of carbonyl (C=O) groups is 1. The third-order valence-corrected chi connectivity index (χ3v) is 6.04. The van der Waals surface area contributed by atoms with Crippen molar-refractivity contribution in [3.8, 4) is 11.3 Å². The molecule has 130 valence electrons. The van der Waals surface area contributed by atoms with E-state index in [-0.39, 0.29) is 5.91 Å². The highest BCUT2D eigenvalue weighted by Crippen LogP contribution is 2.28. The maximum atomic E-state index is 12.7. The first-order valence-corrected chi connectivity index (χ1v) is 10.2. The molecule has 0 atom stereocenters. The van der Waals surface area contributed by atoms with E-state index < -0.39 is 0 Å². The Labute approximate surface area is 159 Å². The molecule has 2 aromatic carbocycles. The molecule has 0 unspecified atom stereocenters. The van der Waals surface area contributed by atoms with Gasteiger partial charge in [-0.3, -0.25) is 9.20 Å². The number of aromatic nitrogens is 2. The van der Waals surface area contributed by atoms with Crippen LogP contribution < -0.4 is 5.32 Å². The van der Waals surface area contributed by atoms with Crippen LogP contribution in [-0.2, 0) is 0 Å². The van der Waals surface area contributed by atoms with Crippen molar-refractivity contribution >= 4 is 39.7 Å². The zero-order valence-electron chi connectivity index (χ0n) is 14.4. The average Bonchev–Trinajstić information content (AvgIpc) is 3.22. The summed E-state index contributed by atoms with van der Waals surface area (Å²) in [5.41, 5.74) is 3.69. The van der Waals surface area contributed by atoms with Gasteiger partial charge in [0, 0.05) is 28.0 Å². The second-order valence-electron chi connectivity index (χ2n) is 5.85. The fourth-order valence-corrected chi connectivity index (χ4v) is 4.26. The molecule has 1 amide bonds. The Balaban J connectivity index is 1.63. The maximum absolute atomic E-state index is 12.7. The second kappa shape index (κ2) is 6.97. The fraction of sp³-hybridized carbons (Fsp3) is 0.100. The summed E-state index contributed by atoms with van der Waals surface area (Å²) < 4.78 is 1.99. The minimum absolute atomic E-state index is 0.0995. The van der Waals surface area contributed by atoms with Crippen LogP contribution >= 0.6 is 23.1 Å². The minimum atomic E-state index is -0.0995.